The molecule has 7 heteroatoms. The zero-order valence-electron chi connectivity index (χ0n) is 17.5. The van der Waals surface area contributed by atoms with Gasteiger partial charge in [-0.2, -0.15) is 0 Å². The molecule has 0 aliphatic heterocycles. The Morgan fingerprint density at radius 1 is 1.14 bits per heavy atom. The number of nitrogens with one attached hydrogen (secondary N) is 3. The molecule has 0 heterocycles. The number of aliphatic carboxylic acids is 1. The van der Waals surface area contributed by atoms with Crippen molar-refractivity contribution in [3.05, 3.63) is 23.5 Å². The lowest BCUT2D eigenvalue weighted by molar-refractivity contribution is -0.137. The summed E-state index contributed by atoms with van der Waals surface area (Å²) in [7, 11) is 0. The molecule has 0 saturated heterocycles. The van der Waals surface area contributed by atoms with Crippen molar-refractivity contribution in [1.29, 1.82) is 0 Å². The Kier molecular flexibility index (Phi) is 9.22. The molecule has 29 heavy (non-hydrogen) atoms. The monoisotopic (exact) mass is 407 g/mol. The van der Waals surface area contributed by atoms with E-state index in [9.17, 15) is 14.0 Å². The zero-order chi connectivity index (χ0) is 21.2. The van der Waals surface area contributed by atoms with E-state index in [4.69, 9.17) is 5.11 Å². The van der Waals surface area contributed by atoms with Crippen molar-refractivity contribution in [3.8, 4) is 0 Å². The molecule has 0 radical (unpaired) electrons. The van der Waals surface area contributed by atoms with Crippen LogP contribution < -0.4 is 16.0 Å². The van der Waals surface area contributed by atoms with E-state index in [2.05, 4.69) is 29.8 Å². The summed E-state index contributed by atoms with van der Waals surface area (Å²) >= 11 is 0. The van der Waals surface area contributed by atoms with Crippen LogP contribution >= 0.6 is 0 Å². The summed E-state index contributed by atoms with van der Waals surface area (Å²) in [4.78, 5) is 23.3. The predicted molar refractivity (Wildman–Crippen MR) is 114 cm³/mol. The number of hydrogen-bond acceptors (Lipinski definition) is 4. The van der Waals surface area contributed by atoms with Gasteiger partial charge in [-0.3, -0.25) is 9.59 Å². The van der Waals surface area contributed by atoms with E-state index in [0.717, 1.165) is 38.5 Å². The maximum atomic E-state index is 14.8. The van der Waals surface area contributed by atoms with Gasteiger partial charge in [0.25, 0.3) is 5.91 Å². The second-order valence-electron chi connectivity index (χ2n) is 7.77. The van der Waals surface area contributed by atoms with E-state index >= 15 is 0 Å². The number of carbonyl (C=O) groups excluding carboxylic acids is 1. The fourth-order valence-corrected chi connectivity index (χ4v) is 3.71. The van der Waals surface area contributed by atoms with Gasteiger partial charge in [-0.15, -0.1) is 0 Å². The number of carboxylic acids is 1. The number of halogens is 1. The van der Waals surface area contributed by atoms with Gasteiger partial charge in [-0.1, -0.05) is 33.1 Å². The Morgan fingerprint density at radius 3 is 2.45 bits per heavy atom. The van der Waals surface area contributed by atoms with E-state index in [1.807, 2.05) is 0 Å². The van der Waals surface area contributed by atoms with Gasteiger partial charge in [-0.05, 0) is 44.2 Å². The average Bonchev–Trinajstić information content (AvgIpc) is 2.71. The van der Waals surface area contributed by atoms with Gasteiger partial charge in [0.05, 0.1) is 11.3 Å². The summed E-state index contributed by atoms with van der Waals surface area (Å²) in [5.74, 6) is -1.74. The number of carbonyl (C=O) groups is 2. The SMILES string of the molecule is CCC(CC)Nc1cc(NC2CCCCC2)c(F)cc1C(=O)NCCCC(=O)O. The highest BCUT2D eigenvalue weighted by Crippen LogP contribution is 2.29. The zero-order valence-corrected chi connectivity index (χ0v) is 17.5. The molecule has 0 unspecified atom stereocenters. The predicted octanol–water partition coefficient (Wildman–Crippen LogP) is 4.77. The number of hydrogen-bond donors (Lipinski definition) is 4. The fraction of sp³-hybridized carbons (Fsp3) is 0.636. The lowest BCUT2D eigenvalue weighted by atomic mass is 9.95. The van der Waals surface area contributed by atoms with Crippen LogP contribution in [0.1, 0.15) is 82.0 Å². The summed E-state index contributed by atoms with van der Waals surface area (Å²) in [5, 5.41) is 18.1. The lowest BCUT2D eigenvalue weighted by Gasteiger charge is -2.25. The molecule has 4 N–H and O–H groups in total. The van der Waals surface area contributed by atoms with Crippen molar-refractivity contribution in [1.82, 2.24) is 5.32 Å². The summed E-state index contributed by atoms with van der Waals surface area (Å²) in [6.07, 6.45) is 7.67. The average molecular weight is 408 g/mol. The third-order valence-electron chi connectivity index (χ3n) is 5.51. The molecule has 0 spiro atoms. The molecule has 1 aromatic carbocycles. The summed E-state index contributed by atoms with van der Waals surface area (Å²) in [5.41, 5.74) is 1.28. The Labute approximate surface area is 172 Å². The molecule has 6 nitrogen and oxygen atoms in total. The van der Waals surface area contributed by atoms with Gasteiger partial charge in [-0.25, -0.2) is 4.39 Å². The van der Waals surface area contributed by atoms with Crippen molar-refractivity contribution in [2.75, 3.05) is 17.2 Å². The first kappa shape index (κ1) is 23.0. The fourth-order valence-electron chi connectivity index (χ4n) is 3.71. The Bertz CT molecular complexity index is 686. The first-order valence-corrected chi connectivity index (χ1v) is 10.8. The second kappa shape index (κ2) is 11.6. The standard InChI is InChI=1S/C22H34FN3O3/c1-3-15(4-2)25-19-14-20(26-16-9-6-5-7-10-16)18(23)13-17(19)22(29)24-12-8-11-21(27)28/h13-16,25-26H,3-12H2,1-2H3,(H,24,29)(H,27,28). The van der Waals surface area contributed by atoms with E-state index in [1.165, 1.54) is 12.5 Å². The Balaban J connectivity index is 2.19. The number of benzene rings is 1. The minimum atomic E-state index is -0.903. The van der Waals surface area contributed by atoms with Crippen LogP contribution in [0.25, 0.3) is 0 Å². The van der Waals surface area contributed by atoms with Gasteiger partial charge in [0, 0.05) is 30.7 Å². The third-order valence-corrected chi connectivity index (χ3v) is 5.51. The van der Waals surface area contributed by atoms with Gasteiger partial charge < -0.3 is 21.1 Å². The van der Waals surface area contributed by atoms with Crippen LogP contribution in [0.15, 0.2) is 12.1 Å². The minimum Gasteiger partial charge on any atom is -0.481 e. The second-order valence-corrected chi connectivity index (χ2v) is 7.77. The normalized spacial score (nSPS) is 14.6. The molecular formula is C22H34FN3O3. The van der Waals surface area contributed by atoms with Crippen molar-refractivity contribution >= 4 is 23.3 Å². The van der Waals surface area contributed by atoms with Crippen LogP contribution in [0.4, 0.5) is 15.8 Å². The number of anilines is 2. The number of rotatable bonds is 11. The summed E-state index contributed by atoms with van der Waals surface area (Å²) in [6.45, 7) is 4.37. The van der Waals surface area contributed by atoms with Crippen molar-refractivity contribution < 1.29 is 19.1 Å². The maximum absolute atomic E-state index is 14.8. The molecule has 1 aromatic rings. The third kappa shape index (κ3) is 7.22. The largest absolute Gasteiger partial charge is 0.481 e. The van der Waals surface area contributed by atoms with Crippen LogP contribution in [0.5, 0.6) is 0 Å². The molecule has 1 aliphatic rings. The minimum absolute atomic E-state index is 0.0161. The molecule has 2 rings (SSSR count). The van der Waals surface area contributed by atoms with E-state index < -0.39 is 17.7 Å². The first-order chi connectivity index (χ1) is 13.9. The van der Waals surface area contributed by atoms with Crippen molar-refractivity contribution in [3.63, 3.8) is 0 Å². The maximum Gasteiger partial charge on any atom is 0.303 e. The van der Waals surface area contributed by atoms with Crippen LogP contribution in [-0.4, -0.2) is 35.6 Å². The van der Waals surface area contributed by atoms with E-state index in [-0.39, 0.29) is 30.6 Å². The Morgan fingerprint density at radius 2 is 1.83 bits per heavy atom. The molecule has 1 saturated carbocycles. The van der Waals surface area contributed by atoms with Crippen LogP contribution in [0, 0.1) is 5.82 Å². The van der Waals surface area contributed by atoms with Crippen molar-refractivity contribution in [2.45, 2.75) is 83.7 Å². The molecule has 0 atom stereocenters. The quantitative estimate of drug-likeness (QED) is 0.397. The van der Waals surface area contributed by atoms with Gasteiger partial charge in [0.15, 0.2) is 0 Å². The highest BCUT2D eigenvalue weighted by molar-refractivity contribution is 6.00. The van der Waals surface area contributed by atoms with Crippen LogP contribution in [0.3, 0.4) is 0 Å². The van der Waals surface area contributed by atoms with Gasteiger partial charge in [0.2, 0.25) is 0 Å². The molecule has 1 fully saturated rings. The first-order valence-electron chi connectivity index (χ1n) is 10.8. The van der Waals surface area contributed by atoms with Crippen LogP contribution in [-0.2, 0) is 4.79 Å². The highest BCUT2D eigenvalue weighted by Gasteiger charge is 2.20. The summed E-state index contributed by atoms with van der Waals surface area (Å²) < 4.78 is 14.8. The van der Waals surface area contributed by atoms with Gasteiger partial charge >= 0.3 is 5.97 Å². The molecular weight excluding hydrogens is 373 g/mol. The molecule has 162 valence electrons. The number of amides is 1. The highest BCUT2D eigenvalue weighted by atomic mass is 19.1. The smallest absolute Gasteiger partial charge is 0.303 e. The molecule has 1 amide bonds. The number of carboxylic acid groups (broad SMARTS) is 1. The van der Waals surface area contributed by atoms with E-state index in [1.54, 1.807) is 6.07 Å². The van der Waals surface area contributed by atoms with Crippen molar-refractivity contribution in [2.24, 2.45) is 0 Å². The van der Waals surface area contributed by atoms with E-state index in [0.29, 0.717) is 17.8 Å². The summed E-state index contributed by atoms with van der Waals surface area (Å²) in [6, 6.07) is 3.42. The molecule has 0 aromatic heterocycles. The molecule has 0 bridgehead atoms. The van der Waals surface area contributed by atoms with Crippen LogP contribution in [0.2, 0.25) is 0 Å². The Hall–Kier alpha value is -2.31. The molecule has 1 aliphatic carbocycles. The lowest BCUT2D eigenvalue weighted by Crippen LogP contribution is -2.28. The van der Waals surface area contributed by atoms with Gasteiger partial charge in [0.1, 0.15) is 5.82 Å². The topological polar surface area (TPSA) is 90.5 Å².